The van der Waals surface area contributed by atoms with Crippen LogP contribution in [0.25, 0.3) is 0 Å². The summed E-state index contributed by atoms with van der Waals surface area (Å²) in [6.45, 7) is 2.58. The van der Waals surface area contributed by atoms with Crippen molar-refractivity contribution in [3.05, 3.63) is 59.2 Å². The third kappa shape index (κ3) is 6.26. The standard InChI is InChI=1S/C26H33NO6/c1-18-8-12-26(13-9-18,25(30)31)27-24(29)21-6-7-22(32-2)23(17-21)33-15-11-20-5-3-4-19(16-20)10-14-28/h3-7,16-18,28H,8-15H2,1-2H3,(H,27,29)(H,30,31)/t18-,26+. The molecule has 0 heterocycles. The Morgan fingerprint density at radius 2 is 1.76 bits per heavy atom. The number of aliphatic hydroxyl groups is 1. The minimum atomic E-state index is -1.23. The number of benzene rings is 2. The highest BCUT2D eigenvalue weighted by atomic mass is 16.5. The Morgan fingerprint density at radius 1 is 1.06 bits per heavy atom. The molecule has 3 N–H and O–H groups in total. The molecule has 0 aromatic heterocycles. The minimum Gasteiger partial charge on any atom is -0.493 e. The number of hydrogen-bond donors (Lipinski definition) is 3. The van der Waals surface area contributed by atoms with Gasteiger partial charge in [0.2, 0.25) is 0 Å². The number of aliphatic carboxylic acids is 1. The Morgan fingerprint density at radius 3 is 2.39 bits per heavy atom. The molecule has 0 unspecified atom stereocenters. The first-order valence-corrected chi connectivity index (χ1v) is 11.4. The molecule has 178 valence electrons. The first-order chi connectivity index (χ1) is 15.9. The lowest BCUT2D eigenvalue weighted by molar-refractivity contribution is -0.146. The first kappa shape index (κ1) is 24.6. The van der Waals surface area contributed by atoms with Gasteiger partial charge in [-0.2, -0.15) is 0 Å². The van der Waals surface area contributed by atoms with Crippen LogP contribution in [0, 0.1) is 5.92 Å². The van der Waals surface area contributed by atoms with Crippen molar-refractivity contribution < 1.29 is 29.3 Å². The van der Waals surface area contributed by atoms with Gasteiger partial charge < -0.3 is 25.0 Å². The number of rotatable bonds is 10. The van der Waals surface area contributed by atoms with Gasteiger partial charge in [-0.1, -0.05) is 31.2 Å². The summed E-state index contributed by atoms with van der Waals surface area (Å²) in [4.78, 5) is 24.9. The molecule has 1 amide bonds. The van der Waals surface area contributed by atoms with E-state index in [0.29, 0.717) is 55.3 Å². The summed E-state index contributed by atoms with van der Waals surface area (Å²) in [6.07, 6.45) is 3.63. The van der Waals surface area contributed by atoms with Crippen LogP contribution in [-0.2, 0) is 17.6 Å². The second-order valence-electron chi connectivity index (χ2n) is 8.78. The number of carboxylic acid groups (broad SMARTS) is 1. The van der Waals surface area contributed by atoms with Gasteiger partial charge in [-0.25, -0.2) is 4.79 Å². The summed E-state index contributed by atoms with van der Waals surface area (Å²) in [6, 6.07) is 12.8. The van der Waals surface area contributed by atoms with Crippen LogP contribution in [0.3, 0.4) is 0 Å². The molecule has 3 rings (SSSR count). The molecule has 1 aliphatic rings. The van der Waals surface area contributed by atoms with Crippen molar-refractivity contribution in [3.63, 3.8) is 0 Å². The van der Waals surface area contributed by atoms with Crippen LogP contribution in [-0.4, -0.2) is 48.0 Å². The zero-order chi connectivity index (χ0) is 23.8. The van der Waals surface area contributed by atoms with Gasteiger partial charge in [-0.05, 0) is 67.3 Å². The Balaban J connectivity index is 1.69. The van der Waals surface area contributed by atoms with Crippen LogP contribution >= 0.6 is 0 Å². The highest BCUT2D eigenvalue weighted by Crippen LogP contribution is 2.33. The lowest BCUT2D eigenvalue weighted by Crippen LogP contribution is -2.56. The summed E-state index contributed by atoms with van der Waals surface area (Å²) in [5.41, 5.74) is 1.25. The minimum absolute atomic E-state index is 0.105. The molecule has 0 spiro atoms. The molecule has 2 aromatic carbocycles. The Labute approximate surface area is 194 Å². The fourth-order valence-electron chi connectivity index (χ4n) is 4.22. The Bertz CT molecular complexity index is 965. The first-order valence-electron chi connectivity index (χ1n) is 11.4. The second-order valence-corrected chi connectivity index (χ2v) is 8.78. The van der Waals surface area contributed by atoms with Gasteiger partial charge in [-0.3, -0.25) is 4.79 Å². The van der Waals surface area contributed by atoms with Crippen LogP contribution in [0.2, 0.25) is 0 Å². The maximum absolute atomic E-state index is 13.0. The molecule has 7 nitrogen and oxygen atoms in total. The average Bonchev–Trinajstić information content (AvgIpc) is 2.81. The number of hydrogen-bond acceptors (Lipinski definition) is 5. The van der Waals surface area contributed by atoms with E-state index in [9.17, 15) is 14.7 Å². The Kier molecular flexibility index (Phi) is 8.33. The van der Waals surface area contributed by atoms with Crippen molar-refractivity contribution in [2.24, 2.45) is 5.92 Å². The number of ether oxygens (including phenoxy) is 2. The van der Waals surface area contributed by atoms with Gasteiger partial charge in [0, 0.05) is 18.6 Å². The molecule has 0 atom stereocenters. The second kappa shape index (κ2) is 11.2. The quantitative estimate of drug-likeness (QED) is 0.505. The SMILES string of the molecule is COc1ccc(C(=O)N[C@]2(C(=O)O)CC[C@H](C)CC2)cc1OCCc1cccc(CCO)c1. The highest BCUT2D eigenvalue weighted by Gasteiger charge is 2.42. The van der Waals surface area contributed by atoms with Crippen molar-refractivity contribution in [2.45, 2.75) is 51.0 Å². The van der Waals surface area contributed by atoms with E-state index in [1.807, 2.05) is 24.3 Å². The van der Waals surface area contributed by atoms with Gasteiger partial charge >= 0.3 is 5.97 Å². The number of carbonyl (C=O) groups excluding carboxylic acids is 1. The predicted molar refractivity (Wildman–Crippen MR) is 125 cm³/mol. The van der Waals surface area contributed by atoms with E-state index in [0.717, 1.165) is 24.0 Å². The van der Waals surface area contributed by atoms with E-state index in [1.165, 1.54) is 7.11 Å². The number of amides is 1. The van der Waals surface area contributed by atoms with Crippen molar-refractivity contribution >= 4 is 11.9 Å². The van der Waals surface area contributed by atoms with Gasteiger partial charge in [0.1, 0.15) is 5.54 Å². The zero-order valence-electron chi connectivity index (χ0n) is 19.3. The molecule has 1 aliphatic carbocycles. The maximum atomic E-state index is 13.0. The summed E-state index contributed by atoms with van der Waals surface area (Å²) in [5.74, 6) is -0.0367. The highest BCUT2D eigenvalue weighted by molar-refractivity contribution is 5.98. The van der Waals surface area contributed by atoms with E-state index >= 15 is 0 Å². The van der Waals surface area contributed by atoms with Gasteiger partial charge in [0.05, 0.1) is 13.7 Å². The molecular formula is C26H33NO6. The fraction of sp³-hybridized carbons (Fsp3) is 0.462. The van der Waals surface area contributed by atoms with E-state index in [-0.39, 0.29) is 6.61 Å². The number of methoxy groups -OCH3 is 1. The maximum Gasteiger partial charge on any atom is 0.329 e. The lowest BCUT2D eigenvalue weighted by Gasteiger charge is -2.36. The Hall–Kier alpha value is -3.06. The van der Waals surface area contributed by atoms with Crippen LogP contribution in [0.5, 0.6) is 11.5 Å². The third-order valence-corrected chi connectivity index (χ3v) is 6.36. The van der Waals surface area contributed by atoms with Crippen LogP contribution in [0.4, 0.5) is 0 Å². The normalized spacial score (nSPS) is 20.2. The smallest absolute Gasteiger partial charge is 0.329 e. The third-order valence-electron chi connectivity index (χ3n) is 6.36. The molecule has 0 bridgehead atoms. The predicted octanol–water partition coefficient (Wildman–Crippen LogP) is 3.61. The fourth-order valence-corrected chi connectivity index (χ4v) is 4.22. The van der Waals surface area contributed by atoms with E-state index in [2.05, 4.69) is 12.2 Å². The molecule has 0 aliphatic heterocycles. The molecule has 33 heavy (non-hydrogen) atoms. The monoisotopic (exact) mass is 455 g/mol. The average molecular weight is 456 g/mol. The summed E-state index contributed by atoms with van der Waals surface area (Å²) < 4.78 is 11.3. The van der Waals surface area contributed by atoms with Gasteiger partial charge in [0.25, 0.3) is 5.91 Å². The zero-order valence-corrected chi connectivity index (χ0v) is 19.3. The molecule has 1 fully saturated rings. The summed E-state index contributed by atoms with van der Waals surface area (Å²) in [5, 5.41) is 21.7. The summed E-state index contributed by atoms with van der Waals surface area (Å²) >= 11 is 0. The molecule has 0 saturated heterocycles. The molecular weight excluding hydrogens is 422 g/mol. The van der Waals surface area contributed by atoms with Gasteiger partial charge in [0.15, 0.2) is 11.5 Å². The molecule has 2 aromatic rings. The van der Waals surface area contributed by atoms with E-state index < -0.39 is 17.4 Å². The van der Waals surface area contributed by atoms with E-state index in [1.54, 1.807) is 18.2 Å². The molecule has 7 heteroatoms. The van der Waals surface area contributed by atoms with Crippen LogP contribution in [0.1, 0.15) is 54.1 Å². The van der Waals surface area contributed by atoms with Crippen LogP contribution in [0.15, 0.2) is 42.5 Å². The topological polar surface area (TPSA) is 105 Å². The number of carboxylic acids is 1. The molecule has 1 saturated carbocycles. The number of carbonyl (C=O) groups is 2. The molecule has 0 radical (unpaired) electrons. The largest absolute Gasteiger partial charge is 0.493 e. The number of aliphatic hydroxyl groups excluding tert-OH is 1. The number of nitrogens with one attached hydrogen (secondary N) is 1. The van der Waals surface area contributed by atoms with Crippen molar-refractivity contribution in [1.82, 2.24) is 5.32 Å². The van der Waals surface area contributed by atoms with Gasteiger partial charge in [-0.15, -0.1) is 0 Å². The lowest BCUT2D eigenvalue weighted by atomic mass is 9.77. The van der Waals surface area contributed by atoms with E-state index in [4.69, 9.17) is 14.6 Å². The van der Waals surface area contributed by atoms with Crippen LogP contribution < -0.4 is 14.8 Å². The van der Waals surface area contributed by atoms with Crippen molar-refractivity contribution in [2.75, 3.05) is 20.3 Å². The summed E-state index contributed by atoms with van der Waals surface area (Å²) in [7, 11) is 1.53. The van der Waals surface area contributed by atoms with Crippen molar-refractivity contribution in [3.8, 4) is 11.5 Å². The van der Waals surface area contributed by atoms with Crippen molar-refractivity contribution in [1.29, 1.82) is 0 Å².